The number of alkyl halides is 1. The van der Waals surface area contributed by atoms with Crippen LogP contribution in [0, 0.1) is 0 Å². The molecule has 1 aromatic carbocycles. The molecule has 2 heteroatoms. The van der Waals surface area contributed by atoms with Crippen molar-refractivity contribution < 1.29 is 4.39 Å². The Hall–Kier alpha value is -1.83. The van der Waals surface area contributed by atoms with Crippen LogP contribution in [0.1, 0.15) is 5.56 Å². The SMILES string of the molecule is C=C/C=C(/NC)C(=C)c1ccccc1.CF. The van der Waals surface area contributed by atoms with Crippen LogP contribution >= 0.6 is 0 Å². The van der Waals surface area contributed by atoms with Gasteiger partial charge >= 0.3 is 0 Å². The predicted molar refractivity (Wildman–Crippen MR) is 69.8 cm³/mol. The highest BCUT2D eigenvalue weighted by Crippen LogP contribution is 2.18. The maximum absolute atomic E-state index is 9.50. The van der Waals surface area contributed by atoms with Crippen LogP contribution in [0.2, 0.25) is 0 Å². The van der Waals surface area contributed by atoms with Crippen molar-refractivity contribution in [1.29, 1.82) is 0 Å². The fraction of sp³-hybridized carbons (Fsp3) is 0.143. The van der Waals surface area contributed by atoms with Crippen molar-refractivity contribution in [2.45, 2.75) is 0 Å². The molecule has 0 saturated carbocycles. The number of nitrogens with one attached hydrogen (secondary N) is 1. The van der Waals surface area contributed by atoms with E-state index in [2.05, 4.69) is 18.5 Å². The first kappa shape index (κ1) is 14.2. The molecular formula is C14H18FN. The second-order valence-electron chi connectivity index (χ2n) is 2.91. The minimum Gasteiger partial charge on any atom is -0.388 e. The molecule has 1 N–H and O–H groups in total. The monoisotopic (exact) mass is 219 g/mol. The minimum atomic E-state index is 0.500. The molecule has 0 radical (unpaired) electrons. The van der Waals surface area contributed by atoms with E-state index >= 15 is 0 Å². The van der Waals surface area contributed by atoms with E-state index in [1.165, 1.54) is 0 Å². The second-order valence-corrected chi connectivity index (χ2v) is 2.91. The zero-order valence-electron chi connectivity index (χ0n) is 9.83. The van der Waals surface area contributed by atoms with E-state index < -0.39 is 0 Å². The average molecular weight is 219 g/mol. The zero-order chi connectivity index (χ0) is 12.4. The summed E-state index contributed by atoms with van der Waals surface area (Å²) in [7, 11) is 2.38. The van der Waals surface area contributed by atoms with E-state index in [0.29, 0.717) is 7.18 Å². The Balaban J connectivity index is 0.00000106. The molecule has 1 aromatic rings. The first-order chi connectivity index (χ1) is 7.79. The molecule has 0 spiro atoms. The Morgan fingerprint density at radius 3 is 2.25 bits per heavy atom. The van der Waals surface area contributed by atoms with Gasteiger partial charge in [0.1, 0.15) is 0 Å². The van der Waals surface area contributed by atoms with E-state index in [1.807, 2.05) is 43.5 Å². The summed E-state index contributed by atoms with van der Waals surface area (Å²) in [4.78, 5) is 0. The summed E-state index contributed by atoms with van der Waals surface area (Å²) in [5, 5.41) is 3.09. The standard InChI is InChI=1S/C13H15N.CH3F/c1-4-8-13(14-3)11(2)12-9-6-5-7-10-12;1-2/h4-10,14H,1-2H2,3H3;1H3/b13-8+;. The number of likely N-dealkylation sites (N-methyl/N-ethyl adjacent to an activating group) is 1. The fourth-order valence-electron chi connectivity index (χ4n) is 1.25. The molecule has 0 fully saturated rings. The normalized spacial score (nSPS) is 9.81. The lowest BCUT2D eigenvalue weighted by molar-refractivity contribution is 0.636. The molecule has 0 atom stereocenters. The summed E-state index contributed by atoms with van der Waals surface area (Å²) in [6, 6.07) is 10.1. The molecule has 0 saturated heterocycles. The molecule has 0 heterocycles. The summed E-state index contributed by atoms with van der Waals surface area (Å²) >= 11 is 0. The molecule has 1 rings (SSSR count). The van der Waals surface area contributed by atoms with Crippen LogP contribution in [-0.4, -0.2) is 14.2 Å². The molecule has 0 bridgehead atoms. The van der Waals surface area contributed by atoms with Gasteiger partial charge in [0.05, 0.1) is 7.18 Å². The topological polar surface area (TPSA) is 12.0 Å². The highest BCUT2D eigenvalue weighted by Gasteiger charge is 2.01. The van der Waals surface area contributed by atoms with Crippen molar-refractivity contribution >= 4 is 5.57 Å². The summed E-state index contributed by atoms with van der Waals surface area (Å²) in [6.45, 7) is 7.70. The van der Waals surface area contributed by atoms with E-state index in [0.717, 1.165) is 16.8 Å². The quantitative estimate of drug-likeness (QED) is 0.763. The molecule has 0 aliphatic heterocycles. The molecule has 0 amide bonds. The lowest BCUT2D eigenvalue weighted by Crippen LogP contribution is -2.06. The summed E-state index contributed by atoms with van der Waals surface area (Å²) < 4.78 is 9.50. The number of allylic oxidation sites excluding steroid dienone is 3. The molecule has 16 heavy (non-hydrogen) atoms. The van der Waals surface area contributed by atoms with Gasteiger partial charge in [-0.2, -0.15) is 0 Å². The van der Waals surface area contributed by atoms with Gasteiger partial charge in [0.25, 0.3) is 0 Å². The van der Waals surface area contributed by atoms with Crippen LogP contribution in [-0.2, 0) is 0 Å². The Morgan fingerprint density at radius 2 is 1.81 bits per heavy atom. The number of benzene rings is 1. The highest BCUT2D eigenvalue weighted by molar-refractivity contribution is 5.76. The van der Waals surface area contributed by atoms with E-state index in [-0.39, 0.29) is 0 Å². The van der Waals surface area contributed by atoms with Gasteiger partial charge in [0, 0.05) is 12.7 Å². The Labute approximate surface area is 97.0 Å². The van der Waals surface area contributed by atoms with Gasteiger partial charge in [-0.05, 0) is 17.2 Å². The number of hydrogen-bond donors (Lipinski definition) is 1. The van der Waals surface area contributed by atoms with Crippen molar-refractivity contribution in [1.82, 2.24) is 5.32 Å². The lowest BCUT2D eigenvalue weighted by Gasteiger charge is -2.09. The maximum atomic E-state index is 9.50. The van der Waals surface area contributed by atoms with Gasteiger partial charge < -0.3 is 5.32 Å². The van der Waals surface area contributed by atoms with Crippen LogP contribution in [0.15, 0.2) is 61.3 Å². The molecule has 0 aliphatic rings. The molecule has 0 aliphatic carbocycles. The lowest BCUT2D eigenvalue weighted by atomic mass is 10.0. The van der Waals surface area contributed by atoms with Gasteiger partial charge in [0.15, 0.2) is 0 Å². The fourth-order valence-corrected chi connectivity index (χ4v) is 1.25. The number of halogens is 1. The van der Waals surface area contributed by atoms with Crippen molar-refractivity contribution in [3.05, 3.63) is 66.9 Å². The Bertz CT molecular complexity index is 352. The third-order valence-electron chi connectivity index (χ3n) is 2.00. The largest absolute Gasteiger partial charge is 0.388 e. The maximum Gasteiger partial charge on any atom is 0.0785 e. The molecular weight excluding hydrogens is 201 g/mol. The Morgan fingerprint density at radius 1 is 1.25 bits per heavy atom. The summed E-state index contributed by atoms with van der Waals surface area (Å²) in [5.74, 6) is 0. The first-order valence-corrected chi connectivity index (χ1v) is 4.92. The first-order valence-electron chi connectivity index (χ1n) is 4.92. The Kier molecular flexibility index (Phi) is 7.51. The molecule has 86 valence electrons. The van der Waals surface area contributed by atoms with Gasteiger partial charge in [-0.3, -0.25) is 4.39 Å². The summed E-state index contributed by atoms with van der Waals surface area (Å²) in [6.07, 6.45) is 3.66. The summed E-state index contributed by atoms with van der Waals surface area (Å²) in [5.41, 5.74) is 3.09. The van der Waals surface area contributed by atoms with Gasteiger partial charge in [-0.15, -0.1) is 0 Å². The van der Waals surface area contributed by atoms with Crippen molar-refractivity contribution in [3.8, 4) is 0 Å². The highest BCUT2D eigenvalue weighted by atomic mass is 19.1. The van der Waals surface area contributed by atoms with Gasteiger partial charge in [-0.25, -0.2) is 0 Å². The van der Waals surface area contributed by atoms with Crippen LogP contribution in [0.25, 0.3) is 5.57 Å². The van der Waals surface area contributed by atoms with Gasteiger partial charge in [0.2, 0.25) is 0 Å². The van der Waals surface area contributed by atoms with Crippen molar-refractivity contribution in [3.63, 3.8) is 0 Å². The van der Waals surface area contributed by atoms with Crippen LogP contribution in [0.4, 0.5) is 4.39 Å². The predicted octanol–water partition coefficient (Wildman–Crippen LogP) is 3.57. The van der Waals surface area contributed by atoms with Crippen LogP contribution < -0.4 is 5.32 Å². The van der Waals surface area contributed by atoms with Crippen molar-refractivity contribution in [2.24, 2.45) is 0 Å². The smallest absolute Gasteiger partial charge is 0.0785 e. The number of rotatable bonds is 4. The second kappa shape index (κ2) is 8.48. The average Bonchev–Trinajstić information content (AvgIpc) is 2.38. The third kappa shape index (κ3) is 4.13. The van der Waals surface area contributed by atoms with E-state index in [9.17, 15) is 4.39 Å². The van der Waals surface area contributed by atoms with E-state index in [4.69, 9.17) is 0 Å². The molecule has 0 unspecified atom stereocenters. The van der Waals surface area contributed by atoms with Crippen molar-refractivity contribution in [2.75, 3.05) is 14.2 Å². The molecule has 1 nitrogen and oxygen atoms in total. The third-order valence-corrected chi connectivity index (χ3v) is 2.00. The zero-order valence-corrected chi connectivity index (χ0v) is 9.83. The van der Waals surface area contributed by atoms with Crippen LogP contribution in [0.3, 0.4) is 0 Å². The van der Waals surface area contributed by atoms with Crippen LogP contribution in [0.5, 0.6) is 0 Å². The minimum absolute atomic E-state index is 0.500. The number of hydrogen-bond acceptors (Lipinski definition) is 1. The van der Waals surface area contributed by atoms with Gasteiger partial charge in [-0.1, -0.05) is 49.6 Å². The molecule has 0 aromatic heterocycles. The van der Waals surface area contributed by atoms with E-state index in [1.54, 1.807) is 6.08 Å².